The summed E-state index contributed by atoms with van der Waals surface area (Å²) in [5.74, 6) is 1.70. The third kappa shape index (κ3) is 3.61. The van der Waals surface area contributed by atoms with Gasteiger partial charge in [-0.3, -0.25) is 4.79 Å². The first-order valence-electron chi connectivity index (χ1n) is 7.95. The van der Waals surface area contributed by atoms with Crippen molar-refractivity contribution in [2.45, 2.75) is 43.4 Å². The van der Waals surface area contributed by atoms with Crippen LogP contribution in [0.3, 0.4) is 0 Å². The molecule has 1 saturated carbocycles. The Kier molecular flexibility index (Phi) is 4.86. The molecule has 3 atom stereocenters. The highest BCUT2D eigenvalue weighted by molar-refractivity contribution is 7.99. The number of fused-ring (bicyclic) bond motifs is 1. The van der Waals surface area contributed by atoms with Crippen LogP contribution >= 0.6 is 11.8 Å². The number of hydrogen-bond donors (Lipinski definition) is 2. The Bertz CT molecular complexity index is 505. The van der Waals surface area contributed by atoms with Crippen molar-refractivity contribution in [2.24, 2.45) is 11.7 Å². The van der Waals surface area contributed by atoms with Crippen LogP contribution in [-0.2, 0) is 11.2 Å². The maximum atomic E-state index is 12.1. The summed E-state index contributed by atoms with van der Waals surface area (Å²) in [5, 5.41) is 3.52. The van der Waals surface area contributed by atoms with E-state index in [4.69, 9.17) is 5.73 Å². The molecule has 1 fully saturated rings. The number of nitrogens with one attached hydrogen (secondary N) is 1. The molecule has 4 heteroatoms. The lowest BCUT2D eigenvalue weighted by molar-refractivity contribution is -0.122. The van der Waals surface area contributed by atoms with Crippen molar-refractivity contribution >= 4 is 17.7 Å². The van der Waals surface area contributed by atoms with E-state index >= 15 is 0 Å². The second-order valence-corrected chi connectivity index (χ2v) is 7.48. The van der Waals surface area contributed by atoms with E-state index in [0.29, 0.717) is 17.6 Å². The summed E-state index contributed by atoms with van der Waals surface area (Å²) in [6, 6.07) is 8.83. The van der Waals surface area contributed by atoms with Crippen molar-refractivity contribution < 1.29 is 4.79 Å². The topological polar surface area (TPSA) is 55.1 Å². The number of nitrogens with two attached hydrogens (primary N) is 1. The highest BCUT2D eigenvalue weighted by Crippen LogP contribution is 2.36. The number of benzene rings is 1. The van der Waals surface area contributed by atoms with E-state index in [9.17, 15) is 4.79 Å². The first-order valence-corrected chi connectivity index (χ1v) is 9.00. The molecule has 1 unspecified atom stereocenters. The van der Waals surface area contributed by atoms with E-state index in [-0.39, 0.29) is 11.9 Å². The zero-order chi connectivity index (χ0) is 14.7. The smallest absolute Gasteiger partial charge is 0.220 e. The van der Waals surface area contributed by atoms with E-state index in [2.05, 4.69) is 29.6 Å². The third-order valence-corrected chi connectivity index (χ3v) is 6.01. The second-order valence-electron chi connectivity index (χ2n) is 6.17. The van der Waals surface area contributed by atoms with Gasteiger partial charge < -0.3 is 11.1 Å². The third-order valence-electron chi connectivity index (χ3n) is 4.74. The Balaban J connectivity index is 1.52. The van der Waals surface area contributed by atoms with Crippen molar-refractivity contribution in [1.82, 2.24) is 5.32 Å². The predicted molar refractivity (Wildman–Crippen MR) is 88.3 cm³/mol. The summed E-state index contributed by atoms with van der Waals surface area (Å²) in [5.41, 5.74) is 8.88. The van der Waals surface area contributed by atoms with Gasteiger partial charge in [-0.05, 0) is 42.1 Å². The highest BCUT2D eigenvalue weighted by atomic mass is 32.2. The standard InChI is InChI=1S/C17H24N2OS/c18-15-7-3-5-13(15)10-17(20)19-11-16-14-6-2-1-4-12(14)8-9-21-16/h1-2,4,6,13,15-16H,3,5,7-11,18H2,(H,19,20)/t13-,15+,16?/m0/s1. The zero-order valence-electron chi connectivity index (χ0n) is 12.4. The van der Waals surface area contributed by atoms with Gasteiger partial charge in [-0.15, -0.1) is 0 Å². The molecule has 3 nitrogen and oxygen atoms in total. The highest BCUT2D eigenvalue weighted by Gasteiger charge is 2.26. The number of carbonyl (C=O) groups excluding carboxylic acids is 1. The van der Waals surface area contributed by atoms with Crippen LogP contribution in [0, 0.1) is 5.92 Å². The second kappa shape index (κ2) is 6.84. The average molecular weight is 304 g/mol. The van der Waals surface area contributed by atoms with Crippen molar-refractivity contribution in [2.75, 3.05) is 12.3 Å². The van der Waals surface area contributed by atoms with E-state index in [1.165, 1.54) is 17.5 Å². The summed E-state index contributed by atoms with van der Waals surface area (Å²) < 4.78 is 0. The minimum Gasteiger partial charge on any atom is -0.355 e. The summed E-state index contributed by atoms with van der Waals surface area (Å²) in [4.78, 5) is 12.1. The van der Waals surface area contributed by atoms with E-state index in [1.807, 2.05) is 11.8 Å². The van der Waals surface area contributed by atoms with Gasteiger partial charge in [0.25, 0.3) is 0 Å². The van der Waals surface area contributed by atoms with E-state index in [1.54, 1.807) is 0 Å². The van der Waals surface area contributed by atoms with Gasteiger partial charge in [0, 0.05) is 24.3 Å². The van der Waals surface area contributed by atoms with E-state index in [0.717, 1.165) is 31.6 Å². The van der Waals surface area contributed by atoms with Crippen molar-refractivity contribution in [3.8, 4) is 0 Å². The van der Waals surface area contributed by atoms with Gasteiger partial charge in [-0.1, -0.05) is 30.7 Å². The van der Waals surface area contributed by atoms with Gasteiger partial charge in [0.2, 0.25) is 5.91 Å². The fourth-order valence-electron chi connectivity index (χ4n) is 3.48. The molecule has 1 aromatic carbocycles. The number of aryl methyl sites for hydroxylation is 1. The lowest BCUT2D eigenvalue weighted by atomic mass is 9.99. The minimum atomic E-state index is 0.168. The van der Waals surface area contributed by atoms with Crippen LogP contribution in [0.25, 0.3) is 0 Å². The molecule has 2 aliphatic rings. The molecule has 1 amide bonds. The molecule has 3 N–H and O–H groups in total. The Labute approximate surface area is 131 Å². The molecule has 0 aromatic heterocycles. The van der Waals surface area contributed by atoms with Crippen molar-refractivity contribution in [1.29, 1.82) is 0 Å². The summed E-state index contributed by atoms with van der Waals surface area (Å²) >= 11 is 1.95. The van der Waals surface area contributed by atoms with Gasteiger partial charge in [0.15, 0.2) is 0 Å². The molecule has 1 aliphatic heterocycles. The Morgan fingerprint density at radius 3 is 3.00 bits per heavy atom. The lowest BCUT2D eigenvalue weighted by Crippen LogP contribution is -2.33. The molecule has 0 saturated heterocycles. The SMILES string of the molecule is N[C@@H]1CCC[C@H]1CC(=O)NCC1SCCc2ccccc21. The van der Waals surface area contributed by atoms with Crippen LogP contribution < -0.4 is 11.1 Å². The minimum absolute atomic E-state index is 0.168. The monoisotopic (exact) mass is 304 g/mol. The molecule has 1 heterocycles. The first-order chi connectivity index (χ1) is 10.2. The van der Waals surface area contributed by atoms with Gasteiger partial charge in [0.1, 0.15) is 0 Å². The van der Waals surface area contributed by atoms with Gasteiger partial charge in [0.05, 0.1) is 0 Å². The largest absolute Gasteiger partial charge is 0.355 e. The average Bonchev–Trinajstić information content (AvgIpc) is 2.90. The molecule has 0 bridgehead atoms. The van der Waals surface area contributed by atoms with Crippen molar-refractivity contribution in [3.63, 3.8) is 0 Å². The predicted octanol–water partition coefficient (Wildman–Crippen LogP) is 2.65. The van der Waals surface area contributed by atoms with Crippen LogP contribution in [0.4, 0.5) is 0 Å². The maximum Gasteiger partial charge on any atom is 0.220 e. The van der Waals surface area contributed by atoms with E-state index < -0.39 is 0 Å². The Hall–Kier alpha value is -1.00. The Morgan fingerprint density at radius 2 is 2.19 bits per heavy atom. The number of hydrogen-bond acceptors (Lipinski definition) is 3. The number of thioether (sulfide) groups is 1. The maximum absolute atomic E-state index is 12.1. The molecule has 0 radical (unpaired) electrons. The summed E-state index contributed by atoms with van der Waals surface area (Å²) in [6.07, 6.45) is 5.09. The van der Waals surface area contributed by atoms with Gasteiger partial charge >= 0.3 is 0 Å². The normalized spacial score (nSPS) is 28.1. The lowest BCUT2D eigenvalue weighted by Gasteiger charge is -2.25. The molecule has 0 spiro atoms. The number of rotatable bonds is 4. The van der Waals surface area contributed by atoms with Crippen LogP contribution in [-0.4, -0.2) is 24.2 Å². The summed E-state index contributed by atoms with van der Waals surface area (Å²) in [7, 11) is 0. The fourth-order valence-corrected chi connectivity index (χ4v) is 4.71. The quantitative estimate of drug-likeness (QED) is 0.899. The first kappa shape index (κ1) is 14.9. The van der Waals surface area contributed by atoms with Gasteiger partial charge in [-0.2, -0.15) is 11.8 Å². The Morgan fingerprint density at radius 1 is 1.33 bits per heavy atom. The van der Waals surface area contributed by atoms with Crippen molar-refractivity contribution in [3.05, 3.63) is 35.4 Å². The molecule has 1 aliphatic carbocycles. The summed E-state index contributed by atoms with van der Waals surface area (Å²) in [6.45, 7) is 0.739. The number of amides is 1. The van der Waals surface area contributed by atoms with Crippen LogP contribution in [0.5, 0.6) is 0 Å². The molecule has 21 heavy (non-hydrogen) atoms. The van der Waals surface area contributed by atoms with Crippen LogP contribution in [0.15, 0.2) is 24.3 Å². The molecular formula is C17H24N2OS. The van der Waals surface area contributed by atoms with Crippen LogP contribution in [0.2, 0.25) is 0 Å². The molecule has 1 aromatic rings. The molecule has 3 rings (SSSR count). The molecular weight excluding hydrogens is 280 g/mol. The van der Waals surface area contributed by atoms with Crippen LogP contribution in [0.1, 0.15) is 42.1 Å². The molecule has 114 valence electrons. The van der Waals surface area contributed by atoms with Gasteiger partial charge in [-0.25, -0.2) is 0 Å². The fraction of sp³-hybridized carbons (Fsp3) is 0.588. The number of carbonyl (C=O) groups is 1. The zero-order valence-corrected chi connectivity index (χ0v) is 13.2.